The summed E-state index contributed by atoms with van der Waals surface area (Å²) < 4.78 is 26.1. The molecule has 288 valence electrons. The number of benzene rings is 6. The minimum Gasteiger partial charge on any atom is -0.506 e. The summed E-state index contributed by atoms with van der Waals surface area (Å²) in [6, 6.07) is 24.5. The van der Waals surface area contributed by atoms with Gasteiger partial charge >= 0.3 is 0 Å². The minimum absolute atomic E-state index is 0.122. The van der Waals surface area contributed by atoms with Crippen LogP contribution in [0, 0.1) is 0 Å². The maximum atomic E-state index is 12.3. The van der Waals surface area contributed by atoms with Gasteiger partial charge in [0.25, 0.3) is 0 Å². The van der Waals surface area contributed by atoms with Gasteiger partial charge in [-0.15, -0.1) is 0 Å². The van der Waals surface area contributed by atoms with Crippen LogP contribution in [0.1, 0.15) is 17.4 Å². The van der Waals surface area contributed by atoms with E-state index in [1.54, 1.807) is 48.5 Å². The van der Waals surface area contributed by atoms with E-state index in [0.717, 1.165) is 11.1 Å². The second kappa shape index (κ2) is 11.3. The summed E-state index contributed by atoms with van der Waals surface area (Å²) in [6.07, 6.45) is -3.86. The Morgan fingerprint density at radius 3 is 1.59 bits per heavy atom. The van der Waals surface area contributed by atoms with E-state index in [0.29, 0.717) is 11.4 Å². The molecule has 1 aliphatic carbocycles. The number of para-hydroxylation sites is 1. The lowest BCUT2D eigenvalue weighted by molar-refractivity contribution is 0.00931. The molecule has 0 spiro atoms. The second-order valence-electron chi connectivity index (χ2n) is 14.0. The lowest BCUT2D eigenvalue weighted by atomic mass is 9.91. The summed E-state index contributed by atoms with van der Waals surface area (Å²) in [5, 5.41) is 113. The highest BCUT2D eigenvalue weighted by Crippen LogP contribution is 2.60. The fraction of sp³-hybridized carbons (Fsp3) is 0.0476. The van der Waals surface area contributed by atoms with Gasteiger partial charge < -0.3 is 60.2 Å². The van der Waals surface area contributed by atoms with Crippen LogP contribution in [0.25, 0.3) is 94.4 Å². The monoisotopic (exact) mass is 782 g/mol. The molecule has 0 saturated carbocycles. The van der Waals surface area contributed by atoms with Gasteiger partial charge in [0.05, 0.1) is 38.5 Å². The number of nitrogens with zero attached hydrogens (tertiary/aromatic N) is 2. The van der Waals surface area contributed by atoms with Crippen molar-refractivity contribution in [2.24, 2.45) is 0 Å². The van der Waals surface area contributed by atoms with E-state index >= 15 is 0 Å². The first kappa shape index (κ1) is 33.3. The zero-order valence-electron chi connectivity index (χ0n) is 29.2. The van der Waals surface area contributed by atoms with Crippen molar-refractivity contribution < 1.29 is 69.4 Å². The molecule has 16 nitrogen and oxygen atoms in total. The predicted octanol–water partition coefficient (Wildman–Crippen LogP) is 8.17. The molecule has 0 fully saturated rings. The van der Waals surface area contributed by atoms with Gasteiger partial charge in [-0.2, -0.15) is 0 Å². The third kappa shape index (κ3) is 3.93. The highest BCUT2D eigenvalue weighted by Gasteiger charge is 2.44. The summed E-state index contributed by atoms with van der Waals surface area (Å²) in [4.78, 5) is 0. The lowest BCUT2D eigenvalue weighted by Gasteiger charge is -2.26. The van der Waals surface area contributed by atoms with Gasteiger partial charge in [0.15, 0.2) is 34.5 Å². The third-order valence-electron chi connectivity index (χ3n) is 11.0. The summed E-state index contributed by atoms with van der Waals surface area (Å²) >= 11 is 0. The number of aliphatic hydroxyl groups is 4. The number of rotatable bonds is 3. The predicted molar refractivity (Wildman–Crippen MR) is 206 cm³/mol. The Morgan fingerprint density at radius 2 is 0.931 bits per heavy atom. The number of phenols is 6. The Labute approximate surface area is 321 Å². The molecule has 0 amide bonds. The van der Waals surface area contributed by atoms with E-state index in [-0.39, 0.29) is 66.3 Å². The van der Waals surface area contributed by atoms with Crippen LogP contribution in [0.15, 0.2) is 109 Å². The molecular weight excluding hydrogens is 756 g/mol. The Morgan fingerprint density at radius 1 is 0.414 bits per heavy atom. The molecule has 0 saturated heterocycles. The van der Waals surface area contributed by atoms with Crippen molar-refractivity contribution in [3.63, 3.8) is 0 Å². The zero-order chi connectivity index (χ0) is 40.0. The molecule has 8 aromatic rings. The largest absolute Gasteiger partial charge is 0.506 e. The van der Waals surface area contributed by atoms with E-state index in [1.165, 1.54) is 9.13 Å². The fourth-order valence-corrected chi connectivity index (χ4v) is 8.47. The Bertz CT molecular complexity index is 3410. The Balaban J connectivity index is 1.34. The Hall–Kier alpha value is -8.08. The Kier molecular flexibility index (Phi) is 6.45. The van der Waals surface area contributed by atoms with Crippen LogP contribution in [0.5, 0.6) is 34.5 Å². The van der Waals surface area contributed by atoms with Crippen molar-refractivity contribution >= 4 is 60.8 Å². The molecule has 2 aromatic heterocycles. The van der Waals surface area contributed by atoms with Gasteiger partial charge in [0, 0.05) is 11.4 Å². The van der Waals surface area contributed by atoms with Crippen LogP contribution in [-0.2, 0) is 0 Å². The zero-order valence-corrected chi connectivity index (χ0v) is 29.2. The topological polar surface area (TPSA) is 265 Å². The van der Waals surface area contributed by atoms with Crippen LogP contribution < -0.4 is 0 Å². The summed E-state index contributed by atoms with van der Waals surface area (Å²) in [5.74, 6) is -7.00. The highest BCUT2D eigenvalue weighted by molar-refractivity contribution is 6.30. The highest BCUT2D eigenvalue weighted by atomic mass is 17.0. The van der Waals surface area contributed by atoms with Gasteiger partial charge in [0.1, 0.15) is 28.8 Å². The molecule has 58 heavy (non-hydrogen) atoms. The molecule has 2 aliphatic heterocycles. The number of aromatic hydroxyl groups is 6. The van der Waals surface area contributed by atoms with E-state index in [9.17, 15) is 51.1 Å². The molecule has 3 aliphatic rings. The molecule has 0 radical (unpaired) electrons. The molecule has 6 aromatic carbocycles. The van der Waals surface area contributed by atoms with Gasteiger partial charge in [0.2, 0.25) is 33.8 Å². The minimum atomic E-state index is -1.99. The standard InChI is InChI=1S/C42H26N2O14/c45-29-19-21-27(43(17-11-5-2-6-12-17)25(19)31(47)37(53)35(29)51)33(49)41-23-24-40(56-57-41)22-20-26(32(48)38(54)36(52)30(20)46)44(28(22)34(50)42(24)58-55-39(21)23)18-13-7-10-16(14-18)15-8-3-1-4-9-15/h1-14,32,38,45-54H. The van der Waals surface area contributed by atoms with Crippen molar-refractivity contribution in [2.45, 2.75) is 12.2 Å². The number of hydrogen-bond donors (Lipinski definition) is 10. The van der Waals surface area contributed by atoms with E-state index in [2.05, 4.69) is 0 Å². The molecule has 11 rings (SSSR count). The molecule has 4 heterocycles. The maximum Gasteiger partial charge on any atom is 0.234 e. The molecule has 0 bridgehead atoms. The SMILES string of the molecule is OC1=C(O)C(O)C(O)c2c1c1c3ooc4c5c(ooc(c3-5)c(O)c1n2-c1cccc(-c2ccccc2)c1)c1c2c(O)c(O)c(O)c(O)c2n(-c2ccccc2)c1c4O. The van der Waals surface area contributed by atoms with E-state index in [4.69, 9.17) is 18.3 Å². The average molecular weight is 783 g/mol. The van der Waals surface area contributed by atoms with Crippen LogP contribution in [0.4, 0.5) is 0 Å². The average Bonchev–Trinajstić information content (AvgIpc) is 3.81. The fourth-order valence-electron chi connectivity index (χ4n) is 8.47. The van der Waals surface area contributed by atoms with Crippen molar-refractivity contribution in [3.8, 4) is 68.1 Å². The summed E-state index contributed by atoms with van der Waals surface area (Å²) in [7, 11) is 0. The normalized spacial score (nSPS) is 15.9. The quantitative estimate of drug-likeness (QED) is 0.0351. The first-order valence-electron chi connectivity index (χ1n) is 17.6. The van der Waals surface area contributed by atoms with Crippen LogP contribution >= 0.6 is 0 Å². The van der Waals surface area contributed by atoms with Crippen molar-refractivity contribution in [1.82, 2.24) is 9.13 Å². The number of aromatic nitrogens is 2. The molecule has 2 atom stereocenters. The molecule has 16 heteroatoms. The van der Waals surface area contributed by atoms with E-state index in [1.807, 2.05) is 36.4 Å². The smallest absolute Gasteiger partial charge is 0.234 e. The van der Waals surface area contributed by atoms with Crippen molar-refractivity contribution in [2.75, 3.05) is 0 Å². The maximum absolute atomic E-state index is 12.3. The number of phenolic OH excluding ortho intramolecular Hbond substituents is 6. The first-order valence-corrected chi connectivity index (χ1v) is 17.6. The van der Waals surface area contributed by atoms with Gasteiger partial charge in [-0.1, -0.05) is 60.7 Å². The van der Waals surface area contributed by atoms with Crippen LogP contribution in [0.3, 0.4) is 0 Å². The number of fused-ring (bicyclic) bond motifs is 8. The number of aliphatic hydroxyl groups excluding tert-OH is 4. The van der Waals surface area contributed by atoms with Crippen molar-refractivity contribution in [1.29, 1.82) is 0 Å². The molecule has 10 N–H and O–H groups in total. The molecule has 2 unspecified atom stereocenters. The molecular formula is C42H26N2O14. The van der Waals surface area contributed by atoms with E-state index < -0.39 is 69.4 Å². The second-order valence-corrected chi connectivity index (χ2v) is 14.0. The van der Waals surface area contributed by atoms with Gasteiger partial charge in [-0.05, 0) is 35.4 Å². The van der Waals surface area contributed by atoms with Crippen molar-refractivity contribution in [3.05, 3.63) is 102 Å². The van der Waals surface area contributed by atoms with Gasteiger partial charge in [-0.25, -0.2) is 0 Å². The lowest BCUT2D eigenvalue weighted by Crippen LogP contribution is -2.28. The van der Waals surface area contributed by atoms with Crippen LogP contribution in [0.2, 0.25) is 0 Å². The summed E-state index contributed by atoms with van der Waals surface area (Å²) in [5.41, 5.74) is -0.384. The summed E-state index contributed by atoms with van der Waals surface area (Å²) in [6.45, 7) is 0. The number of hydrogen-bond acceptors (Lipinski definition) is 14. The van der Waals surface area contributed by atoms with Crippen LogP contribution in [-0.4, -0.2) is 66.3 Å². The third-order valence-corrected chi connectivity index (χ3v) is 11.0. The van der Waals surface area contributed by atoms with Gasteiger partial charge in [-0.3, -0.25) is 18.3 Å². The first-order chi connectivity index (χ1) is 28.0.